The molecule has 0 aliphatic heterocycles. The molecule has 0 radical (unpaired) electrons. The number of carbonyl (C=O) groups is 1. The highest BCUT2D eigenvalue weighted by Gasteiger charge is 2.19. The van der Waals surface area contributed by atoms with E-state index in [1.165, 1.54) is 23.6 Å². The SMILES string of the molecule is NC(C(=O)O)c1csc(-c2cc(Cl)ccc2F)n1. The van der Waals surface area contributed by atoms with E-state index in [0.717, 1.165) is 11.3 Å². The Kier molecular flexibility index (Phi) is 3.60. The monoisotopic (exact) mass is 286 g/mol. The second-order valence-corrected chi connectivity index (χ2v) is 4.81. The van der Waals surface area contributed by atoms with Crippen LogP contribution in [0, 0.1) is 5.82 Å². The van der Waals surface area contributed by atoms with Gasteiger partial charge >= 0.3 is 5.97 Å². The van der Waals surface area contributed by atoms with Crippen LogP contribution < -0.4 is 5.73 Å². The fourth-order valence-corrected chi connectivity index (χ4v) is 2.39. The Morgan fingerprint density at radius 2 is 2.28 bits per heavy atom. The summed E-state index contributed by atoms with van der Waals surface area (Å²) in [7, 11) is 0. The molecule has 0 spiro atoms. The molecule has 3 N–H and O–H groups in total. The molecule has 2 aromatic rings. The Bertz CT molecular complexity index is 602. The topological polar surface area (TPSA) is 76.2 Å². The Morgan fingerprint density at radius 1 is 1.56 bits per heavy atom. The van der Waals surface area contributed by atoms with Crippen molar-refractivity contribution in [1.82, 2.24) is 4.98 Å². The van der Waals surface area contributed by atoms with Gasteiger partial charge in [-0.3, -0.25) is 4.79 Å². The predicted octanol–water partition coefficient (Wildman–Crippen LogP) is 2.69. The number of aromatic nitrogens is 1. The number of hydrogen-bond donors (Lipinski definition) is 2. The summed E-state index contributed by atoms with van der Waals surface area (Å²) in [6.07, 6.45) is 0. The first-order valence-electron chi connectivity index (χ1n) is 4.88. The molecule has 0 saturated carbocycles. The number of rotatable bonds is 3. The number of hydrogen-bond acceptors (Lipinski definition) is 4. The maximum Gasteiger partial charge on any atom is 0.326 e. The molecule has 4 nitrogen and oxygen atoms in total. The lowest BCUT2D eigenvalue weighted by molar-refractivity contribution is -0.138. The number of nitrogens with two attached hydrogens (primary N) is 1. The minimum Gasteiger partial charge on any atom is -0.480 e. The van der Waals surface area contributed by atoms with Crippen LogP contribution in [0.5, 0.6) is 0 Å². The highest BCUT2D eigenvalue weighted by Crippen LogP contribution is 2.29. The zero-order chi connectivity index (χ0) is 13.3. The summed E-state index contributed by atoms with van der Waals surface area (Å²) >= 11 is 6.90. The lowest BCUT2D eigenvalue weighted by Crippen LogP contribution is -2.20. The quantitative estimate of drug-likeness (QED) is 0.909. The third-order valence-corrected chi connectivity index (χ3v) is 3.39. The summed E-state index contributed by atoms with van der Waals surface area (Å²) in [4.78, 5) is 14.7. The van der Waals surface area contributed by atoms with E-state index in [2.05, 4.69) is 4.98 Å². The van der Waals surface area contributed by atoms with Gasteiger partial charge < -0.3 is 10.8 Å². The standard InChI is InChI=1S/C11H8ClFN2O2S/c12-5-1-2-7(13)6(3-5)10-15-8(4-18-10)9(14)11(16)17/h1-4,9H,14H2,(H,16,17). The van der Waals surface area contributed by atoms with Gasteiger partial charge in [-0.05, 0) is 18.2 Å². The van der Waals surface area contributed by atoms with Crippen LogP contribution in [-0.4, -0.2) is 16.1 Å². The Balaban J connectivity index is 2.41. The highest BCUT2D eigenvalue weighted by atomic mass is 35.5. The molecular weight excluding hydrogens is 279 g/mol. The van der Waals surface area contributed by atoms with Gasteiger partial charge in [0.1, 0.15) is 16.9 Å². The Hall–Kier alpha value is -1.50. The van der Waals surface area contributed by atoms with Gasteiger partial charge in [-0.25, -0.2) is 9.37 Å². The summed E-state index contributed by atoms with van der Waals surface area (Å²) in [6, 6.07) is 2.89. The number of carboxylic acid groups (broad SMARTS) is 1. The van der Waals surface area contributed by atoms with E-state index in [0.29, 0.717) is 10.0 Å². The van der Waals surface area contributed by atoms with Gasteiger partial charge in [0.2, 0.25) is 0 Å². The zero-order valence-electron chi connectivity index (χ0n) is 8.93. The first-order chi connectivity index (χ1) is 8.49. The zero-order valence-corrected chi connectivity index (χ0v) is 10.5. The lowest BCUT2D eigenvalue weighted by atomic mass is 10.2. The van der Waals surface area contributed by atoms with E-state index in [1.807, 2.05) is 0 Å². The summed E-state index contributed by atoms with van der Waals surface area (Å²) in [5.41, 5.74) is 5.85. The Labute approximate surface area is 111 Å². The lowest BCUT2D eigenvalue weighted by Gasteiger charge is -2.02. The highest BCUT2D eigenvalue weighted by molar-refractivity contribution is 7.13. The molecule has 1 aromatic heterocycles. The van der Waals surface area contributed by atoms with Crippen LogP contribution in [0.15, 0.2) is 23.6 Å². The van der Waals surface area contributed by atoms with Crippen LogP contribution in [0.4, 0.5) is 4.39 Å². The van der Waals surface area contributed by atoms with E-state index in [9.17, 15) is 9.18 Å². The minimum absolute atomic E-state index is 0.196. The van der Waals surface area contributed by atoms with Crippen molar-refractivity contribution in [3.63, 3.8) is 0 Å². The second kappa shape index (κ2) is 5.01. The van der Waals surface area contributed by atoms with Crippen LogP contribution in [-0.2, 0) is 4.79 Å². The molecular formula is C11H8ClFN2O2S. The van der Waals surface area contributed by atoms with Crippen molar-refractivity contribution in [3.05, 3.63) is 40.1 Å². The van der Waals surface area contributed by atoms with E-state index < -0.39 is 17.8 Å². The van der Waals surface area contributed by atoms with Crippen LogP contribution in [0.3, 0.4) is 0 Å². The number of carboxylic acids is 1. The fraction of sp³-hybridized carbons (Fsp3) is 0.0909. The second-order valence-electron chi connectivity index (χ2n) is 3.52. The Morgan fingerprint density at radius 3 is 2.94 bits per heavy atom. The first-order valence-corrected chi connectivity index (χ1v) is 6.14. The maximum atomic E-state index is 13.6. The molecule has 1 atom stereocenters. The average molecular weight is 287 g/mol. The molecule has 0 bridgehead atoms. The molecule has 18 heavy (non-hydrogen) atoms. The predicted molar refractivity (Wildman–Crippen MR) is 67.1 cm³/mol. The van der Waals surface area contributed by atoms with Gasteiger partial charge in [0, 0.05) is 16.0 Å². The van der Waals surface area contributed by atoms with Gasteiger partial charge in [0.05, 0.1) is 5.69 Å². The molecule has 7 heteroatoms. The molecule has 0 fully saturated rings. The third kappa shape index (κ3) is 2.50. The number of thiazole rings is 1. The number of nitrogens with zero attached hydrogens (tertiary/aromatic N) is 1. The van der Waals surface area contributed by atoms with Gasteiger partial charge in [-0.15, -0.1) is 11.3 Å². The van der Waals surface area contributed by atoms with Crippen molar-refractivity contribution < 1.29 is 14.3 Å². The van der Waals surface area contributed by atoms with E-state index in [4.69, 9.17) is 22.4 Å². The normalized spacial score (nSPS) is 12.4. The van der Waals surface area contributed by atoms with Crippen molar-refractivity contribution in [2.24, 2.45) is 5.73 Å². The maximum absolute atomic E-state index is 13.6. The summed E-state index contributed by atoms with van der Waals surface area (Å²) in [5.74, 6) is -1.65. The molecule has 0 amide bonds. The molecule has 0 saturated heterocycles. The summed E-state index contributed by atoms with van der Waals surface area (Å²) in [5, 5.41) is 11.0. The molecule has 94 valence electrons. The van der Waals surface area contributed by atoms with E-state index in [1.54, 1.807) is 0 Å². The number of aliphatic carboxylic acids is 1. The van der Waals surface area contributed by atoms with Crippen molar-refractivity contribution in [2.45, 2.75) is 6.04 Å². The van der Waals surface area contributed by atoms with E-state index in [-0.39, 0.29) is 11.3 Å². The van der Waals surface area contributed by atoms with Gasteiger partial charge in [-0.2, -0.15) is 0 Å². The smallest absolute Gasteiger partial charge is 0.326 e. The molecule has 0 aliphatic carbocycles. The third-order valence-electron chi connectivity index (χ3n) is 2.27. The van der Waals surface area contributed by atoms with Crippen LogP contribution >= 0.6 is 22.9 Å². The molecule has 1 aromatic carbocycles. The molecule has 0 aliphatic rings. The molecule has 1 unspecified atom stereocenters. The van der Waals surface area contributed by atoms with Crippen molar-refractivity contribution in [3.8, 4) is 10.6 Å². The van der Waals surface area contributed by atoms with Crippen LogP contribution in [0.1, 0.15) is 11.7 Å². The van der Waals surface area contributed by atoms with E-state index >= 15 is 0 Å². The summed E-state index contributed by atoms with van der Waals surface area (Å²) < 4.78 is 13.6. The van der Waals surface area contributed by atoms with Crippen molar-refractivity contribution in [1.29, 1.82) is 0 Å². The van der Waals surface area contributed by atoms with Crippen LogP contribution in [0.2, 0.25) is 5.02 Å². The number of halogens is 2. The van der Waals surface area contributed by atoms with Gasteiger partial charge in [-0.1, -0.05) is 11.6 Å². The van der Waals surface area contributed by atoms with Gasteiger partial charge in [0.15, 0.2) is 0 Å². The summed E-state index contributed by atoms with van der Waals surface area (Å²) in [6.45, 7) is 0. The van der Waals surface area contributed by atoms with Crippen LogP contribution in [0.25, 0.3) is 10.6 Å². The fourth-order valence-electron chi connectivity index (χ4n) is 1.34. The number of benzene rings is 1. The average Bonchev–Trinajstić information content (AvgIpc) is 2.80. The first kappa shape index (κ1) is 12.9. The molecule has 1 heterocycles. The largest absolute Gasteiger partial charge is 0.480 e. The van der Waals surface area contributed by atoms with Gasteiger partial charge in [0.25, 0.3) is 0 Å². The van der Waals surface area contributed by atoms with Crippen molar-refractivity contribution >= 4 is 28.9 Å². The molecule has 2 rings (SSSR count). The van der Waals surface area contributed by atoms with Crippen molar-refractivity contribution in [2.75, 3.05) is 0 Å². The minimum atomic E-state index is -1.21.